The van der Waals surface area contributed by atoms with Gasteiger partial charge in [-0.15, -0.1) is 11.3 Å². The molecule has 0 radical (unpaired) electrons. The summed E-state index contributed by atoms with van der Waals surface area (Å²) in [5.41, 5.74) is 1.43. The number of aromatic nitrogens is 1. The lowest BCUT2D eigenvalue weighted by molar-refractivity contribution is 0.877. The number of rotatable bonds is 1. The number of nitrogens with zero attached hydrogens (tertiary/aromatic N) is 1. The Hall–Kier alpha value is -1.41. The van der Waals surface area contributed by atoms with Crippen LogP contribution in [0, 0.1) is 0 Å². The van der Waals surface area contributed by atoms with Crippen molar-refractivity contribution in [3.63, 3.8) is 0 Å². The summed E-state index contributed by atoms with van der Waals surface area (Å²) in [7, 11) is 0. The van der Waals surface area contributed by atoms with Crippen LogP contribution in [-0.4, -0.2) is 4.98 Å². The molecule has 2 heterocycles. The molecule has 0 aliphatic rings. The van der Waals surface area contributed by atoms with Gasteiger partial charge in [-0.1, -0.05) is 26.0 Å². The Balaban J connectivity index is 2.53. The van der Waals surface area contributed by atoms with E-state index in [-0.39, 0.29) is 0 Å². The summed E-state index contributed by atoms with van der Waals surface area (Å²) < 4.78 is 2.70. The second-order valence-corrected chi connectivity index (χ2v) is 5.43. The van der Waals surface area contributed by atoms with Crippen molar-refractivity contribution in [3.8, 4) is 0 Å². The average molecular weight is 227 g/mol. The van der Waals surface area contributed by atoms with E-state index in [9.17, 15) is 0 Å². The van der Waals surface area contributed by atoms with Crippen molar-refractivity contribution in [1.82, 2.24) is 4.98 Å². The van der Waals surface area contributed by atoms with Crippen molar-refractivity contribution in [2.45, 2.75) is 19.8 Å². The molecule has 0 atom stereocenters. The maximum absolute atomic E-state index is 4.24. The molecule has 0 bridgehead atoms. The predicted molar refractivity (Wildman–Crippen MR) is 71.2 cm³/mol. The van der Waals surface area contributed by atoms with Gasteiger partial charge in [0.15, 0.2) is 0 Å². The lowest BCUT2D eigenvalue weighted by atomic mass is 9.98. The van der Waals surface area contributed by atoms with Gasteiger partial charge in [0.25, 0.3) is 0 Å². The van der Waals surface area contributed by atoms with E-state index in [1.165, 1.54) is 25.7 Å². The first-order valence-electron chi connectivity index (χ1n) is 5.52. The normalized spacial score (nSPS) is 11.7. The van der Waals surface area contributed by atoms with Crippen LogP contribution < -0.4 is 0 Å². The van der Waals surface area contributed by atoms with Gasteiger partial charge in [0.05, 0.1) is 0 Å². The molecule has 0 amide bonds. The SMILES string of the molecule is CC(C)c1cccc2sc3ccncc3c12. The van der Waals surface area contributed by atoms with Crippen LogP contribution in [0.5, 0.6) is 0 Å². The van der Waals surface area contributed by atoms with Crippen LogP contribution in [0.25, 0.3) is 20.2 Å². The van der Waals surface area contributed by atoms with Crippen LogP contribution in [-0.2, 0) is 0 Å². The summed E-state index contributed by atoms with van der Waals surface area (Å²) in [6.45, 7) is 4.49. The van der Waals surface area contributed by atoms with Gasteiger partial charge in [-0.25, -0.2) is 0 Å². The molecule has 0 fully saturated rings. The molecule has 2 heteroatoms. The average Bonchev–Trinajstić information content (AvgIpc) is 2.66. The molecule has 1 aromatic carbocycles. The number of hydrogen-bond acceptors (Lipinski definition) is 2. The molecule has 0 aliphatic carbocycles. The molecule has 16 heavy (non-hydrogen) atoms. The lowest BCUT2D eigenvalue weighted by Gasteiger charge is -2.07. The summed E-state index contributed by atoms with van der Waals surface area (Å²) in [4.78, 5) is 4.24. The molecule has 0 unspecified atom stereocenters. The first-order valence-corrected chi connectivity index (χ1v) is 6.34. The Labute approximate surface area is 98.7 Å². The van der Waals surface area contributed by atoms with Gasteiger partial charge in [-0.2, -0.15) is 0 Å². The van der Waals surface area contributed by atoms with Gasteiger partial charge in [-0.3, -0.25) is 4.98 Å². The van der Waals surface area contributed by atoms with Crippen molar-refractivity contribution < 1.29 is 0 Å². The molecular weight excluding hydrogens is 214 g/mol. The third-order valence-corrected chi connectivity index (χ3v) is 4.09. The maximum Gasteiger partial charge on any atom is 0.0386 e. The van der Waals surface area contributed by atoms with E-state index in [0.29, 0.717) is 5.92 Å². The first-order chi connectivity index (χ1) is 7.77. The molecule has 0 N–H and O–H groups in total. The fourth-order valence-electron chi connectivity index (χ4n) is 2.18. The Morgan fingerprint density at radius 1 is 1.12 bits per heavy atom. The zero-order valence-corrected chi connectivity index (χ0v) is 10.2. The third-order valence-electron chi connectivity index (χ3n) is 2.95. The van der Waals surface area contributed by atoms with Crippen LogP contribution in [0.1, 0.15) is 25.3 Å². The quantitative estimate of drug-likeness (QED) is 0.593. The number of pyridine rings is 1. The molecule has 3 aromatic rings. The molecule has 80 valence electrons. The van der Waals surface area contributed by atoms with E-state index in [1.807, 2.05) is 23.7 Å². The van der Waals surface area contributed by atoms with Crippen LogP contribution >= 0.6 is 11.3 Å². The molecule has 1 nitrogen and oxygen atoms in total. The van der Waals surface area contributed by atoms with Crippen molar-refractivity contribution in [1.29, 1.82) is 0 Å². The van der Waals surface area contributed by atoms with Gasteiger partial charge in [-0.05, 0) is 23.6 Å². The van der Waals surface area contributed by atoms with Crippen LogP contribution in [0.2, 0.25) is 0 Å². The highest BCUT2D eigenvalue weighted by Crippen LogP contribution is 2.37. The largest absolute Gasteiger partial charge is 0.264 e. The fraction of sp³-hybridized carbons (Fsp3) is 0.214. The highest BCUT2D eigenvalue weighted by atomic mass is 32.1. The van der Waals surface area contributed by atoms with Gasteiger partial charge in [0.1, 0.15) is 0 Å². The molecule has 0 aliphatic heterocycles. The number of benzene rings is 1. The van der Waals surface area contributed by atoms with E-state index >= 15 is 0 Å². The van der Waals surface area contributed by atoms with Crippen molar-refractivity contribution in [2.75, 3.05) is 0 Å². The van der Waals surface area contributed by atoms with Gasteiger partial charge in [0, 0.05) is 32.6 Å². The van der Waals surface area contributed by atoms with Gasteiger partial charge in [0.2, 0.25) is 0 Å². The van der Waals surface area contributed by atoms with Crippen molar-refractivity contribution in [2.24, 2.45) is 0 Å². The summed E-state index contributed by atoms with van der Waals surface area (Å²) >= 11 is 1.85. The van der Waals surface area contributed by atoms with Crippen molar-refractivity contribution in [3.05, 3.63) is 42.2 Å². The Morgan fingerprint density at radius 3 is 2.81 bits per heavy atom. The number of fused-ring (bicyclic) bond motifs is 3. The third kappa shape index (κ3) is 1.34. The molecule has 2 aromatic heterocycles. The smallest absolute Gasteiger partial charge is 0.0386 e. The highest BCUT2D eigenvalue weighted by molar-refractivity contribution is 7.25. The summed E-state index contributed by atoms with van der Waals surface area (Å²) in [6, 6.07) is 8.68. The minimum Gasteiger partial charge on any atom is -0.264 e. The van der Waals surface area contributed by atoms with E-state index in [1.54, 1.807) is 0 Å². The minimum atomic E-state index is 0.557. The van der Waals surface area contributed by atoms with Crippen LogP contribution in [0.4, 0.5) is 0 Å². The molecular formula is C14H13NS. The molecule has 0 spiro atoms. The van der Waals surface area contributed by atoms with E-state index < -0.39 is 0 Å². The first kappa shape index (κ1) is 9.79. The predicted octanol–water partition coefficient (Wildman–Crippen LogP) is 4.57. The Kier molecular flexibility index (Phi) is 2.18. The maximum atomic E-state index is 4.24. The van der Waals surface area contributed by atoms with E-state index in [2.05, 4.69) is 43.1 Å². The second-order valence-electron chi connectivity index (χ2n) is 4.35. The molecule has 0 saturated carbocycles. The summed E-state index contributed by atoms with van der Waals surface area (Å²) in [5.74, 6) is 0.557. The minimum absolute atomic E-state index is 0.557. The summed E-state index contributed by atoms with van der Waals surface area (Å²) in [5, 5.41) is 2.69. The molecule has 0 saturated heterocycles. The van der Waals surface area contributed by atoms with Gasteiger partial charge >= 0.3 is 0 Å². The zero-order valence-electron chi connectivity index (χ0n) is 9.40. The monoisotopic (exact) mass is 227 g/mol. The second kappa shape index (κ2) is 3.56. The lowest BCUT2D eigenvalue weighted by Crippen LogP contribution is -1.87. The zero-order chi connectivity index (χ0) is 11.1. The molecule has 3 rings (SSSR count). The number of thiophene rings is 1. The highest BCUT2D eigenvalue weighted by Gasteiger charge is 2.10. The fourth-order valence-corrected chi connectivity index (χ4v) is 3.29. The van der Waals surface area contributed by atoms with Gasteiger partial charge < -0.3 is 0 Å². The topological polar surface area (TPSA) is 12.9 Å². The number of hydrogen-bond donors (Lipinski definition) is 0. The Morgan fingerprint density at radius 2 is 2.00 bits per heavy atom. The van der Waals surface area contributed by atoms with E-state index in [4.69, 9.17) is 0 Å². The van der Waals surface area contributed by atoms with Crippen LogP contribution in [0.3, 0.4) is 0 Å². The van der Waals surface area contributed by atoms with Crippen LogP contribution in [0.15, 0.2) is 36.7 Å². The van der Waals surface area contributed by atoms with E-state index in [0.717, 1.165) is 0 Å². The summed E-state index contributed by atoms with van der Waals surface area (Å²) in [6.07, 6.45) is 3.85. The Bertz CT molecular complexity index is 652. The standard InChI is InChI=1S/C14H13NS/c1-9(2)10-4-3-5-13-14(10)11-8-15-7-6-12(11)16-13/h3-9H,1-2H3. The van der Waals surface area contributed by atoms with Crippen molar-refractivity contribution >= 4 is 31.5 Å².